The van der Waals surface area contributed by atoms with Gasteiger partial charge in [-0.25, -0.2) is 4.79 Å². The van der Waals surface area contributed by atoms with Crippen LogP contribution in [0.15, 0.2) is 18.2 Å². The highest BCUT2D eigenvalue weighted by atomic mass is 16.6. The van der Waals surface area contributed by atoms with Gasteiger partial charge in [-0.15, -0.1) is 0 Å². The van der Waals surface area contributed by atoms with Gasteiger partial charge in [-0.05, 0) is 12.1 Å². The van der Waals surface area contributed by atoms with Crippen LogP contribution in [0.4, 0.5) is 5.69 Å². The molecule has 0 spiro atoms. The minimum absolute atomic E-state index is 0.0262. The van der Waals surface area contributed by atoms with Gasteiger partial charge in [-0.1, -0.05) is 0 Å². The third-order valence-electron chi connectivity index (χ3n) is 3.30. The fraction of sp³-hybridized carbons (Fsp3) is 0.385. The fourth-order valence-electron chi connectivity index (χ4n) is 2.18. The third-order valence-corrected chi connectivity index (χ3v) is 3.30. The van der Waals surface area contributed by atoms with E-state index in [4.69, 9.17) is 14.6 Å². The first kappa shape index (κ1) is 15.7. The Kier molecular flexibility index (Phi) is 4.56. The number of nitro benzene ring substituents is 1. The number of nitrogens with zero attached hydrogens (tertiary/aromatic N) is 2. The molecule has 1 atom stereocenters. The number of aliphatic carboxylic acids is 1. The molecule has 0 saturated carbocycles. The minimum Gasteiger partial charge on any atom is -0.490 e. The van der Waals surface area contributed by atoms with Gasteiger partial charge in [0, 0.05) is 18.2 Å². The van der Waals surface area contributed by atoms with Crippen molar-refractivity contribution in [2.75, 3.05) is 26.9 Å². The summed E-state index contributed by atoms with van der Waals surface area (Å²) in [5, 5.41) is 20.1. The molecule has 22 heavy (non-hydrogen) atoms. The van der Waals surface area contributed by atoms with E-state index in [1.165, 1.54) is 19.2 Å². The van der Waals surface area contributed by atoms with Crippen molar-refractivity contribution in [2.45, 2.75) is 6.04 Å². The van der Waals surface area contributed by atoms with Gasteiger partial charge >= 0.3 is 11.7 Å². The summed E-state index contributed by atoms with van der Waals surface area (Å²) in [5.74, 6) is -1.75. The zero-order chi connectivity index (χ0) is 16.3. The van der Waals surface area contributed by atoms with Gasteiger partial charge in [0.15, 0.2) is 11.8 Å². The zero-order valence-electron chi connectivity index (χ0n) is 11.7. The molecule has 9 nitrogen and oxygen atoms in total. The molecule has 2 rings (SSSR count). The standard InChI is InChI=1S/C13H14N2O7/c1-21-11-3-2-8(6-9(11)15(19)20)12(16)14-4-5-22-7-10(14)13(17)18/h2-3,6,10H,4-5,7H2,1H3,(H,17,18). The van der Waals surface area contributed by atoms with Gasteiger partial charge in [-0.3, -0.25) is 14.9 Å². The van der Waals surface area contributed by atoms with Gasteiger partial charge in [0.05, 0.1) is 25.2 Å². The van der Waals surface area contributed by atoms with E-state index in [0.717, 1.165) is 11.0 Å². The van der Waals surface area contributed by atoms with E-state index < -0.39 is 22.8 Å². The van der Waals surface area contributed by atoms with Crippen LogP contribution in [0.3, 0.4) is 0 Å². The molecule has 9 heteroatoms. The summed E-state index contributed by atoms with van der Waals surface area (Å²) in [4.78, 5) is 35.1. The Labute approximate surface area is 125 Å². The Morgan fingerprint density at radius 1 is 1.50 bits per heavy atom. The highest BCUT2D eigenvalue weighted by Gasteiger charge is 2.34. The van der Waals surface area contributed by atoms with E-state index in [-0.39, 0.29) is 36.8 Å². The highest BCUT2D eigenvalue weighted by Crippen LogP contribution is 2.28. The predicted octanol–water partition coefficient (Wildman–Crippen LogP) is 0.529. The molecule has 1 aromatic carbocycles. The number of hydrogen-bond donors (Lipinski definition) is 1. The molecule has 0 aromatic heterocycles. The van der Waals surface area contributed by atoms with E-state index >= 15 is 0 Å². The summed E-state index contributed by atoms with van der Waals surface area (Å²) in [5.41, 5.74) is -0.325. The third kappa shape index (κ3) is 2.98. The summed E-state index contributed by atoms with van der Waals surface area (Å²) in [6.45, 7) is 0.211. The van der Waals surface area contributed by atoms with Gasteiger partial charge in [0.2, 0.25) is 0 Å². The number of ether oxygens (including phenoxy) is 2. The SMILES string of the molecule is COc1ccc(C(=O)N2CCOCC2C(=O)O)cc1[N+](=O)[O-]. The summed E-state index contributed by atoms with van der Waals surface area (Å²) >= 11 is 0. The van der Waals surface area contributed by atoms with Gasteiger partial charge < -0.3 is 19.5 Å². The van der Waals surface area contributed by atoms with Crippen molar-refractivity contribution in [3.8, 4) is 5.75 Å². The van der Waals surface area contributed by atoms with Crippen LogP contribution in [0.5, 0.6) is 5.75 Å². The lowest BCUT2D eigenvalue weighted by atomic mass is 10.1. The number of carboxylic acid groups (broad SMARTS) is 1. The van der Waals surface area contributed by atoms with Crippen molar-refractivity contribution in [3.05, 3.63) is 33.9 Å². The maximum Gasteiger partial charge on any atom is 0.328 e. The molecule has 1 aliphatic rings. The highest BCUT2D eigenvalue weighted by molar-refractivity contribution is 5.97. The molecule has 1 unspecified atom stereocenters. The van der Waals surface area contributed by atoms with Crippen LogP contribution in [-0.4, -0.2) is 59.7 Å². The zero-order valence-corrected chi connectivity index (χ0v) is 11.7. The Balaban J connectivity index is 2.34. The van der Waals surface area contributed by atoms with Gasteiger partial charge in [0.1, 0.15) is 0 Å². The molecule has 1 aliphatic heterocycles. The summed E-state index contributed by atoms with van der Waals surface area (Å²) in [6, 6.07) is 2.64. The van der Waals surface area contributed by atoms with E-state index in [9.17, 15) is 19.7 Å². The van der Waals surface area contributed by atoms with Crippen LogP contribution in [0.25, 0.3) is 0 Å². The first-order valence-electron chi connectivity index (χ1n) is 6.39. The number of hydrogen-bond acceptors (Lipinski definition) is 6. The molecule has 1 fully saturated rings. The fourth-order valence-corrected chi connectivity index (χ4v) is 2.18. The van der Waals surface area contributed by atoms with Crippen LogP contribution >= 0.6 is 0 Å². The summed E-state index contributed by atoms with van der Waals surface area (Å²) in [6.07, 6.45) is 0. The molecular weight excluding hydrogens is 296 g/mol. The number of morpholine rings is 1. The molecule has 1 N–H and O–H groups in total. The van der Waals surface area contributed by atoms with Crippen molar-refractivity contribution in [3.63, 3.8) is 0 Å². The number of carboxylic acids is 1. The Hall–Kier alpha value is -2.68. The molecule has 0 bridgehead atoms. The smallest absolute Gasteiger partial charge is 0.328 e. The van der Waals surface area contributed by atoms with Crippen molar-refractivity contribution >= 4 is 17.6 Å². The largest absolute Gasteiger partial charge is 0.490 e. The quantitative estimate of drug-likeness (QED) is 0.636. The van der Waals surface area contributed by atoms with Crippen LogP contribution < -0.4 is 4.74 Å². The lowest BCUT2D eigenvalue weighted by Crippen LogP contribution is -2.52. The number of amides is 1. The topological polar surface area (TPSA) is 119 Å². The summed E-state index contributed by atoms with van der Waals surface area (Å²) < 4.78 is 9.92. The number of carbonyl (C=O) groups excluding carboxylic acids is 1. The Morgan fingerprint density at radius 3 is 2.82 bits per heavy atom. The van der Waals surface area contributed by atoms with Gasteiger partial charge in [0.25, 0.3) is 5.91 Å². The molecular formula is C13H14N2O7. The first-order valence-corrected chi connectivity index (χ1v) is 6.39. The minimum atomic E-state index is -1.18. The monoisotopic (exact) mass is 310 g/mol. The molecule has 1 aromatic rings. The Bertz CT molecular complexity index is 616. The number of benzene rings is 1. The summed E-state index contributed by atoms with van der Waals surface area (Å²) in [7, 11) is 1.28. The van der Waals surface area contributed by atoms with E-state index in [0.29, 0.717) is 0 Å². The van der Waals surface area contributed by atoms with Gasteiger partial charge in [-0.2, -0.15) is 0 Å². The number of carbonyl (C=O) groups is 2. The number of methoxy groups -OCH3 is 1. The average molecular weight is 310 g/mol. The molecule has 118 valence electrons. The Morgan fingerprint density at radius 2 is 2.23 bits per heavy atom. The second kappa shape index (κ2) is 6.39. The van der Waals surface area contributed by atoms with Crippen molar-refractivity contribution in [2.24, 2.45) is 0 Å². The second-order valence-electron chi connectivity index (χ2n) is 4.57. The van der Waals surface area contributed by atoms with Crippen LogP contribution in [0.2, 0.25) is 0 Å². The van der Waals surface area contributed by atoms with Crippen LogP contribution in [0.1, 0.15) is 10.4 Å². The van der Waals surface area contributed by atoms with Crippen molar-refractivity contribution in [1.82, 2.24) is 4.90 Å². The molecule has 1 amide bonds. The predicted molar refractivity (Wildman–Crippen MR) is 72.9 cm³/mol. The lowest BCUT2D eigenvalue weighted by Gasteiger charge is -2.32. The van der Waals surface area contributed by atoms with E-state index in [1.54, 1.807) is 0 Å². The van der Waals surface area contributed by atoms with E-state index in [1.807, 2.05) is 0 Å². The molecule has 0 radical (unpaired) electrons. The van der Waals surface area contributed by atoms with E-state index in [2.05, 4.69) is 0 Å². The number of nitro groups is 1. The normalized spacial score (nSPS) is 17.9. The number of rotatable bonds is 4. The second-order valence-corrected chi connectivity index (χ2v) is 4.57. The maximum absolute atomic E-state index is 12.4. The van der Waals surface area contributed by atoms with Crippen molar-refractivity contribution in [1.29, 1.82) is 0 Å². The van der Waals surface area contributed by atoms with Crippen LogP contribution in [0, 0.1) is 10.1 Å². The van der Waals surface area contributed by atoms with Crippen molar-refractivity contribution < 1.29 is 29.1 Å². The lowest BCUT2D eigenvalue weighted by molar-refractivity contribution is -0.385. The molecule has 1 heterocycles. The molecule has 0 aliphatic carbocycles. The maximum atomic E-state index is 12.4. The van der Waals surface area contributed by atoms with Crippen LogP contribution in [-0.2, 0) is 9.53 Å². The molecule has 1 saturated heterocycles. The first-order chi connectivity index (χ1) is 10.5. The average Bonchev–Trinajstić information content (AvgIpc) is 2.53.